The average Bonchev–Trinajstić information content (AvgIpc) is 3.28. The number of nitrogens with zero attached hydrogens (tertiary/aromatic N) is 3. The Bertz CT molecular complexity index is 988. The third kappa shape index (κ3) is 3.54. The number of carbonyl (C=O) groups is 1. The number of anilines is 1. The van der Waals surface area contributed by atoms with E-state index in [2.05, 4.69) is 44.5 Å². The number of fused-ring (bicyclic) bond motifs is 1. The number of aromatic nitrogens is 2. The van der Waals surface area contributed by atoms with Crippen LogP contribution in [0.5, 0.6) is 0 Å². The van der Waals surface area contributed by atoms with E-state index in [1.165, 1.54) is 29.9 Å². The van der Waals surface area contributed by atoms with Crippen LogP contribution in [0.3, 0.4) is 0 Å². The molecule has 6 heteroatoms. The molecule has 1 aliphatic heterocycles. The Balaban J connectivity index is 1.47. The first-order valence-corrected chi connectivity index (χ1v) is 10.2. The molecule has 140 valence electrons. The van der Waals surface area contributed by atoms with Crippen LogP contribution in [0.25, 0.3) is 10.2 Å². The number of hydrogen-bond acceptors (Lipinski definition) is 5. The van der Waals surface area contributed by atoms with E-state index in [1.807, 2.05) is 20.8 Å². The molecule has 5 nitrogen and oxygen atoms in total. The Hall–Kier alpha value is -2.47. The third-order valence-electron chi connectivity index (χ3n) is 5.15. The highest BCUT2D eigenvalue weighted by Gasteiger charge is 2.18. The van der Waals surface area contributed by atoms with E-state index >= 15 is 0 Å². The lowest BCUT2D eigenvalue weighted by Crippen LogP contribution is -2.22. The van der Waals surface area contributed by atoms with Gasteiger partial charge in [-0.05, 0) is 56.9 Å². The number of nitrogens with one attached hydrogen (secondary N) is 1. The molecule has 1 fully saturated rings. The molecular weight excluding hydrogens is 356 g/mol. The van der Waals surface area contributed by atoms with Crippen molar-refractivity contribution in [1.29, 1.82) is 0 Å². The summed E-state index contributed by atoms with van der Waals surface area (Å²) in [5.41, 5.74) is 4.28. The highest BCUT2D eigenvalue weighted by molar-refractivity contribution is 7.20. The molecular formula is C21H24N4OS. The topological polar surface area (TPSA) is 58.1 Å². The van der Waals surface area contributed by atoms with E-state index < -0.39 is 0 Å². The van der Waals surface area contributed by atoms with Gasteiger partial charge in [0.25, 0.3) is 5.91 Å². The molecule has 0 radical (unpaired) electrons. The van der Waals surface area contributed by atoms with Gasteiger partial charge in [-0.2, -0.15) is 0 Å². The first-order chi connectivity index (χ1) is 13.0. The lowest BCUT2D eigenvalue weighted by Gasteiger charge is -2.17. The molecule has 1 N–H and O–H groups in total. The van der Waals surface area contributed by atoms with Crippen LogP contribution >= 0.6 is 11.3 Å². The minimum Gasteiger partial charge on any atom is -0.372 e. The number of benzene rings is 1. The fourth-order valence-corrected chi connectivity index (χ4v) is 4.95. The Morgan fingerprint density at radius 3 is 2.52 bits per heavy atom. The fourth-order valence-electron chi connectivity index (χ4n) is 3.75. The second-order valence-corrected chi connectivity index (χ2v) is 8.13. The zero-order valence-electron chi connectivity index (χ0n) is 16.0. The quantitative estimate of drug-likeness (QED) is 0.739. The highest BCUT2D eigenvalue weighted by atomic mass is 32.1. The maximum absolute atomic E-state index is 12.7. The van der Waals surface area contributed by atoms with Gasteiger partial charge in [0.15, 0.2) is 0 Å². The predicted molar refractivity (Wildman–Crippen MR) is 111 cm³/mol. The zero-order chi connectivity index (χ0) is 19.0. The largest absolute Gasteiger partial charge is 0.372 e. The SMILES string of the molecule is Cc1nc(C)c2c(C)c(C(=O)NCc3ccc(N4CCCC4)cc3)sc2n1. The molecule has 3 aromatic rings. The molecule has 3 heterocycles. The molecule has 0 unspecified atom stereocenters. The number of thiophene rings is 1. The van der Waals surface area contributed by atoms with Gasteiger partial charge in [-0.25, -0.2) is 9.97 Å². The van der Waals surface area contributed by atoms with Crippen molar-refractivity contribution in [2.45, 2.75) is 40.2 Å². The summed E-state index contributed by atoms with van der Waals surface area (Å²) in [5.74, 6) is 0.697. The van der Waals surface area contributed by atoms with Crippen molar-refractivity contribution in [2.24, 2.45) is 0 Å². The van der Waals surface area contributed by atoms with Gasteiger partial charge in [0.2, 0.25) is 0 Å². The monoisotopic (exact) mass is 380 g/mol. The molecule has 27 heavy (non-hydrogen) atoms. The Morgan fingerprint density at radius 1 is 1.11 bits per heavy atom. The Kier molecular flexibility index (Phi) is 4.83. The molecule has 1 aliphatic rings. The number of hydrogen-bond donors (Lipinski definition) is 1. The van der Waals surface area contributed by atoms with Crippen LogP contribution in [0.15, 0.2) is 24.3 Å². The van der Waals surface area contributed by atoms with Crippen molar-refractivity contribution in [3.8, 4) is 0 Å². The summed E-state index contributed by atoms with van der Waals surface area (Å²) in [5, 5.41) is 4.06. The molecule has 1 aromatic carbocycles. The Labute approximate surface area is 163 Å². The van der Waals surface area contributed by atoms with Crippen LogP contribution < -0.4 is 10.2 Å². The fraction of sp³-hybridized carbons (Fsp3) is 0.381. The van der Waals surface area contributed by atoms with Gasteiger partial charge < -0.3 is 10.2 Å². The molecule has 0 bridgehead atoms. The summed E-state index contributed by atoms with van der Waals surface area (Å²) in [7, 11) is 0. The normalized spacial score (nSPS) is 14.1. The summed E-state index contributed by atoms with van der Waals surface area (Å²) in [6.45, 7) is 8.64. The van der Waals surface area contributed by atoms with Crippen LogP contribution in [-0.4, -0.2) is 29.0 Å². The standard InChI is InChI=1S/C21H24N4OS/c1-13-18-14(2)23-15(3)24-21(18)27-19(13)20(26)22-12-16-6-8-17(9-7-16)25-10-4-5-11-25/h6-9H,4-5,10-12H2,1-3H3,(H,22,26). The number of carbonyl (C=O) groups excluding carboxylic acids is 1. The molecule has 1 amide bonds. The van der Waals surface area contributed by atoms with Gasteiger partial charge in [-0.3, -0.25) is 4.79 Å². The first-order valence-electron chi connectivity index (χ1n) is 9.39. The van der Waals surface area contributed by atoms with Crippen molar-refractivity contribution in [2.75, 3.05) is 18.0 Å². The molecule has 0 spiro atoms. The maximum atomic E-state index is 12.7. The summed E-state index contributed by atoms with van der Waals surface area (Å²) < 4.78 is 0. The average molecular weight is 381 g/mol. The molecule has 1 saturated heterocycles. The number of rotatable bonds is 4. The van der Waals surface area contributed by atoms with Crippen molar-refractivity contribution < 1.29 is 4.79 Å². The van der Waals surface area contributed by atoms with E-state index in [0.29, 0.717) is 6.54 Å². The molecule has 0 saturated carbocycles. The first kappa shape index (κ1) is 17.9. The van der Waals surface area contributed by atoms with Gasteiger partial charge in [0.05, 0.1) is 4.88 Å². The molecule has 2 aromatic heterocycles. The van der Waals surface area contributed by atoms with Gasteiger partial charge in [-0.1, -0.05) is 12.1 Å². The van der Waals surface area contributed by atoms with Crippen molar-refractivity contribution in [3.63, 3.8) is 0 Å². The summed E-state index contributed by atoms with van der Waals surface area (Å²) in [4.78, 5) is 25.7. The molecule has 0 aliphatic carbocycles. The lowest BCUT2D eigenvalue weighted by atomic mass is 10.1. The Morgan fingerprint density at radius 2 is 1.81 bits per heavy atom. The summed E-state index contributed by atoms with van der Waals surface area (Å²) >= 11 is 1.44. The van der Waals surface area contributed by atoms with Crippen molar-refractivity contribution >= 4 is 33.1 Å². The predicted octanol–water partition coefficient (Wildman–Crippen LogP) is 4.15. The van der Waals surface area contributed by atoms with Crippen molar-refractivity contribution in [3.05, 3.63) is 51.8 Å². The zero-order valence-corrected chi connectivity index (χ0v) is 16.8. The van der Waals surface area contributed by atoms with E-state index in [9.17, 15) is 4.79 Å². The van der Waals surface area contributed by atoms with Crippen LogP contribution in [0.4, 0.5) is 5.69 Å². The molecule has 0 atom stereocenters. The minimum atomic E-state index is -0.0452. The number of amides is 1. The van der Waals surface area contributed by atoms with E-state index in [-0.39, 0.29) is 5.91 Å². The second kappa shape index (κ2) is 7.27. The smallest absolute Gasteiger partial charge is 0.261 e. The maximum Gasteiger partial charge on any atom is 0.261 e. The van der Waals surface area contributed by atoms with E-state index in [1.54, 1.807) is 0 Å². The van der Waals surface area contributed by atoms with Crippen molar-refractivity contribution in [1.82, 2.24) is 15.3 Å². The van der Waals surface area contributed by atoms with Crippen LogP contribution in [0.2, 0.25) is 0 Å². The van der Waals surface area contributed by atoms with E-state index in [0.717, 1.165) is 50.8 Å². The van der Waals surface area contributed by atoms with Gasteiger partial charge in [0, 0.05) is 36.4 Å². The van der Waals surface area contributed by atoms with Gasteiger partial charge in [0.1, 0.15) is 10.7 Å². The summed E-state index contributed by atoms with van der Waals surface area (Å²) in [6.07, 6.45) is 2.55. The minimum absolute atomic E-state index is 0.0452. The van der Waals surface area contributed by atoms with Crippen LogP contribution in [-0.2, 0) is 6.54 Å². The molecule has 4 rings (SSSR count). The number of aryl methyl sites for hydroxylation is 3. The summed E-state index contributed by atoms with van der Waals surface area (Å²) in [6, 6.07) is 8.51. The van der Waals surface area contributed by atoms with Crippen LogP contribution in [0, 0.1) is 20.8 Å². The van der Waals surface area contributed by atoms with Gasteiger partial charge >= 0.3 is 0 Å². The third-order valence-corrected chi connectivity index (χ3v) is 6.33. The van der Waals surface area contributed by atoms with Crippen LogP contribution in [0.1, 0.15) is 45.2 Å². The van der Waals surface area contributed by atoms with E-state index in [4.69, 9.17) is 0 Å². The second-order valence-electron chi connectivity index (χ2n) is 7.14. The highest BCUT2D eigenvalue weighted by Crippen LogP contribution is 2.31. The van der Waals surface area contributed by atoms with Gasteiger partial charge in [-0.15, -0.1) is 11.3 Å². The lowest BCUT2D eigenvalue weighted by molar-refractivity contribution is 0.0954.